The van der Waals surface area contributed by atoms with Crippen LogP contribution in [-0.2, 0) is 4.74 Å². The van der Waals surface area contributed by atoms with Crippen molar-refractivity contribution in [2.45, 2.75) is 51.7 Å². The molecule has 0 aliphatic rings. The number of benzene rings is 5. The van der Waals surface area contributed by atoms with Gasteiger partial charge in [0.1, 0.15) is 23.9 Å². The van der Waals surface area contributed by atoms with E-state index in [0.29, 0.717) is 30.8 Å². The minimum Gasteiger partial charge on any atom is -0.508 e. The van der Waals surface area contributed by atoms with Gasteiger partial charge in [-0.05, 0) is 89.2 Å². The van der Waals surface area contributed by atoms with Crippen molar-refractivity contribution in [1.82, 2.24) is 0 Å². The summed E-state index contributed by atoms with van der Waals surface area (Å²) in [6, 6.07) is 34.8. The predicted molar refractivity (Wildman–Crippen MR) is 164 cm³/mol. The molecule has 0 fully saturated rings. The Balaban J connectivity index is 1.12. The van der Waals surface area contributed by atoms with Gasteiger partial charge in [0.2, 0.25) is 0 Å². The van der Waals surface area contributed by atoms with E-state index in [9.17, 15) is 5.11 Å². The van der Waals surface area contributed by atoms with Crippen molar-refractivity contribution < 1.29 is 19.3 Å². The number of fused-ring (bicyclic) bond motifs is 3. The van der Waals surface area contributed by atoms with Gasteiger partial charge in [0, 0.05) is 5.39 Å². The number of hydrogen-bond acceptors (Lipinski definition) is 4. The van der Waals surface area contributed by atoms with Gasteiger partial charge in [-0.25, -0.2) is 0 Å². The number of aromatic hydroxyl groups is 1. The molecule has 0 aliphatic carbocycles. The van der Waals surface area contributed by atoms with Crippen molar-refractivity contribution >= 4 is 21.5 Å². The first-order chi connectivity index (χ1) is 19.5. The molecule has 4 nitrogen and oxygen atoms in total. The Kier molecular flexibility index (Phi) is 8.87. The second-order valence-corrected chi connectivity index (χ2v) is 10.4. The number of hydrogen-bond donors (Lipinski definition) is 1. The molecule has 3 unspecified atom stereocenters. The van der Waals surface area contributed by atoms with Gasteiger partial charge in [-0.1, -0.05) is 86.6 Å². The minimum atomic E-state index is -0.390. The molecule has 0 radical (unpaired) electrons. The summed E-state index contributed by atoms with van der Waals surface area (Å²) in [5, 5.41) is 14.3. The van der Waals surface area contributed by atoms with Gasteiger partial charge in [-0.3, -0.25) is 0 Å². The molecular formula is C36H38O4. The largest absolute Gasteiger partial charge is 0.508 e. The lowest BCUT2D eigenvalue weighted by molar-refractivity contribution is -0.0738. The lowest BCUT2D eigenvalue weighted by atomic mass is 9.84. The van der Waals surface area contributed by atoms with Crippen LogP contribution >= 0.6 is 0 Å². The van der Waals surface area contributed by atoms with Crippen LogP contribution in [0.4, 0.5) is 0 Å². The summed E-state index contributed by atoms with van der Waals surface area (Å²) in [6.45, 7) is 7.25. The lowest BCUT2D eigenvalue weighted by Gasteiger charge is -2.21. The second-order valence-electron chi connectivity index (χ2n) is 10.4. The maximum absolute atomic E-state index is 9.58. The van der Waals surface area contributed by atoms with Crippen LogP contribution in [0.5, 0.6) is 17.2 Å². The Hall–Kier alpha value is -4.02. The molecule has 3 atom stereocenters. The van der Waals surface area contributed by atoms with Crippen LogP contribution in [0.2, 0.25) is 0 Å². The average Bonchev–Trinajstić information content (AvgIpc) is 2.99. The number of phenolic OH excluding ortho intramolecular Hbond substituents is 1. The Morgan fingerprint density at radius 2 is 1.35 bits per heavy atom. The van der Waals surface area contributed by atoms with E-state index in [0.717, 1.165) is 35.1 Å². The van der Waals surface area contributed by atoms with Crippen LogP contribution in [0.3, 0.4) is 0 Å². The van der Waals surface area contributed by atoms with Crippen molar-refractivity contribution in [3.05, 3.63) is 114 Å². The topological polar surface area (TPSA) is 47.9 Å². The Bertz CT molecular complexity index is 1530. The fraction of sp³-hybridized carbons (Fsp3) is 0.278. The van der Waals surface area contributed by atoms with Crippen molar-refractivity contribution in [2.75, 3.05) is 13.2 Å². The van der Waals surface area contributed by atoms with E-state index >= 15 is 0 Å². The third-order valence-corrected chi connectivity index (χ3v) is 7.67. The quantitative estimate of drug-likeness (QED) is 0.0984. The molecule has 0 saturated carbocycles. The molecule has 5 rings (SSSR count). The molecule has 206 valence electrons. The zero-order valence-corrected chi connectivity index (χ0v) is 23.5. The van der Waals surface area contributed by atoms with Crippen molar-refractivity contribution in [3.8, 4) is 17.2 Å². The van der Waals surface area contributed by atoms with Crippen LogP contribution in [0.1, 0.15) is 56.6 Å². The molecule has 0 aromatic heterocycles. The Labute approximate surface area is 237 Å². The third-order valence-electron chi connectivity index (χ3n) is 7.67. The van der Waals surface area contributed by atoms with E-state index in [1.807, 2.05) is 37.3 Å². The molecule has 0 bridgehead atoms. The molecule has 0 amide bonds. The monoisotopic (exact) mass is 534 g/mol. The normalized spacial score (nSPS) is 13.7. The number of phenols is 1. The van der Waals surface area contributed by atoms with Gasteiger partial charge in [0.15, 0.2) is 6.29 Å². The van der Waals surface area contributed by atoms with Gasteiger partial charge in [-0.15, -0.1) is 0 Å². The lowest BCUT2D eigenvalue weighted by Crippen LogP contribution is -2.20. The highest BCUT2D eigenvalue weighted by atomic mass is 16.7. The Morgan fingerprint density at radius 3 is 2.08 bits per heavy atom. The molecule has 4 heteroatoms. The van der Waals surface area contributed by atoms with Crippen LogP contribution in [0, 0.1) is 0 Å². The van der Waals surface area contributed by atoms with Gasteiger partial charge >= 0.3 is 0 Å². The summed E-state index contributed by atoms with van der Waals surface area (Å²) in [5.74, 6) is 2.83. The second kappa shape index (κ2) is 12.9. The van der Waals surface area contributed by atoms with E-state index < -0.39 is 0 Å². The van der Waals surface area contributed by atoms with Crippen molar-refractivity contribution in [3.63, 3.8) is 0 Å². The molecule has 0 spiro atoms. The van der Waals surface area contributed by atoms with E-state index in [2.05, 4.69) is 74.5 Å². The summed E-state index contributed by atoms with van der Waals surface area (Å²) in [5.41, 5.74) is 2.56. The first kappa shape index (κ1) is 27.5. The van der Waals surface area contributed by atoms with E-state index in [4.69, 9.17) is 14.2 Å². The molecule has 5 aromatic rings. The van der Waals surface area contributed by atoms with Crippen LogP contribution < -0.4 is 9.47 Å². The van der Waals surface area contributed by atoms with Crippen LogP contribution in [-0.4, -0.2) is 24.6 Å². The molecule has 0 saturated heterocycles. The number of ether oxygens (including phenoxy) is 3. The highest BCUT2D eigenvalue weighted by molar-refractivity contribution is 6.10. The fourth-order valence-electron chi connectivity index (χ4n) is 5.45. The summed E-state index contributed by atoms with van der Waals surface area (Å²) in [6.07, 6.45) is 1.72. The van der Waals surface area contributed by atoms with Crippen LogP contribution in [0.15, 0.2) is 103 Å². The highest BCUT2D eigenvalue weighted by Gasteiger charge is 2.16. The summed E-state index contributed by atoms with van der Waals surface area (Å²) >= 11 is 0. The van der Waals surface area contributed by atoms with E-state index in [1.165, 1.54) is 21.9 Å². The average molecular weight is 535 g/mol. The maximum atomic E-state index is 9.58. The molecule has 1 N–H and O–H groups in total. The van der Waals surface area contributed by atoms with E-state index in [1.54, 1.807) is 12.1 Å². The molecule has 5 aromatic carbocycles. The maximum Gasteiger partial charge on any atom is 0.197 e. The van der Waals surface area contributed by atoms with E-state index in [-0.39, 0.29) is 6.29 Å². The summed E-state index contributed by atoms with van der Waals surface area (Å²) in [4.78, 5) is 0. The SMILES string of the molecule is CCC(CC(C)c1ccc(O)cc1)c1ccc(OC(C)OCCOc2cc3ccccc3c3ccccc23)cc1. The molecule has 40 heavy (non-hydrogen) atoms. The fourth-order valence-corrected chi connectivity index (χ4v) is 5.45. The smallest absolute Gasteiger partial charge is 0.197 e. The van der Waals surface area contributed by atoms with Gasteiger partial charge in [0.05, 0.1) is 6.61 Å². The van der Waals surface area contributed by atoms with Gasteiger partial charge in [-0.2, -0.15) is 0 Å². The highest BCUT2D eigenvalue weighted by Crippen LogP contribution is 2.34. The van der Waals surface area contributed by atoms with Crippen molar-refractivity contribution in [1.29, 1.82) is 0 Å². The zero-order chi connectivity index (χ0) is 27.9. The minimum absolute atomic E-state index is 0.308. The van der Waals surface area contributed by atoms with Gasteiger partial charge in [0.25, 0.3) is 0 Å². The van der Waals surface area contributed by atoms with Gasteiger partial charge < -0.3 is 19.3 Å². The molecular weight excluding hydrogens is 496 g/mol. The Morgan fingerprint density at radius 1 is 0.700 bits per heavy atom. The van der Waals surface area contributed by atoms with Crippen LogP contribution in [0.25, 0.3) is 21.5 Å². The summed E-state index contributed by atoms with van der Waals surface area (Å²) < 4.78 is 18.1. The predicted octanol–water partition coefficient (Wildman–Crippen LogP) is 9.21. The number of rotatable bonds is 12. The van der Waals surface area contributed by atoms with Crippen molar-refractivity contribution in [2.24, 2.45) is 0 Å². The standard InChI is InChI=1S/C36H38O4/c1-4-27(23-25(2)28-13-17-31(37)18-14-28)29-15-19-32(20-16-29)40-26(3)38-21-22-39-36-24-30-9-5-6-10-33(30)34-11-7-8-12-35(34)36/h5-20,24-27,37H,4,21-23H2,1-3H3. The molecule has 0 aliphatic heterocycles. The third kappa shape index (κ3) is 6.57. The molecule has 0 heterocycles. The first-order valence-corrected chi connectivity index (χ1v) is 14.2. The zero-order valence-electron chi connectivity index (χ0n) is 23.5. The summed E-state index contributed by atoms with van der Waals surface area (Å²) in [7, 11) is 0. The first-order valence-electron chi connectivity index (χ1n) is 14.2.